The number of fused-ring (bicyclic) bond motifs is 5. The van der Waals surface area contributed by atoms with Crippen molar-refractivity contribution in [1.82, 2.24) is 0 Å². The highest BCUT2D eigenvalue weighted by Gasteiger charge is 2.66. The predicted molar refractivity (Wildman–Crippen MR) is 137 cm³/mol. The monoisotopic (exact) mass is 490 g/mol. The van der Waals surface area contributed by atoms with Crippen molar-refractivity contribution in [2.75, 3.05) is 6.61 Å². The molecule has 0 amide bonds. The second-order valence-corrected chi connectivity index (χ2v) is 13.4. The number of hydrogen-bond acceptors (Lipinski definition) is 5. The third-order valence-corrected chi connectivity index (χ3v) is 11.4. The van der Waals surface area contributed by atoms with Gasteiger partial charge in [-0.1, -0.05) is 39.8 Å². The van der Waals surface area contributed by atoms with Crippen LogP contribution in [-0.2, 0) is 9.53 Å². The molecule has 4 aliphatic rings. The van der Waals surface area contributed by atoms with Gasteiger partial charge in [0.05, 0.1) is 24.9 Å². The van der Waals surface area contributed by atoms with Gasteiger partial charge in [0.1, 0.15) is 0 Å². The summed E-state index contributed by atoms with van der Waals surface area (Å²) in [6.07, 6.45) is 6.56. The lowest BCUT2D eigenvalue weighted by Crippen LogP contribution is -2.64. The van der Waals surface area contributed by atoms with E-state index in [1.54, 1.807) is 0 Å². The van der Waals surface area contributed by atoms with Gasteiger partial charge in [-0.2, -0.15) is 0 Å². The van der Waals surface area contributed by atoms with E-state index in [4.69, 9.17) is 4.74 Å². The minimum absolute atomic E-state index is 0.0361. The van der Waals surface area contributed by atoms with Gasteiger partial charge < -0.3 is 20.1 Å². The van der Waals surface area contributed by atoms with Crippen LogP contribution < -0.4 is 0 Å². The number of allylic oxidation sites excluding steroid dienone is 1. The smallest absolute Gasteiger partial charge is 0.302 e. The van der Waals surface area contributed by atoms with Gasteiger partial charge in [0.2, 0.25) is 0 Å². The zero-order chi connectivity index (χ0) is 25.7. The molecule has 0 radical (unpaired) electrons. The molecule has 4 saturated carbocycles. The van der Waals surface area contributed by atoms with Gasteiger partial charge in [-0.05, 0) is 99.2 Å². The summed E-state index contributed by atoms with van der Waals surface area (Å²) in [6, 6.07) is 0. The highest BCUT2D eigenvalue weighted by atomic mass is 16.5. The Morgan fingerprint density at radius 3 is 2.46 bits per heavy atom. The number of esters is 1. The second-order valence-electron chi connectivity index (χ2n) is 13.4. The van der Waals surface area contributed by atoms with Crippen LogP contribution in [0.4, 0.5) is 0 Å². The Kier molecular flexibility index (Phi) is 7.83. The predicted octanol–water partition coefficient (Wildman–Crippen LogP) is 5.12. The maximum absolute atomic E-state index is 12.0. The first-order valence-electron chi connectivity index (χ1n) is 14.3. The van der Waals surface area contributed by atoms with E-state index in [9.17, 15) is 20.1 Å². The van der Waals surface area contributed by atoms with Crippen LogP contribution in [0, 0.1) is 52.3 Å². The Balaban J connectivity index is 1.63. The van der Waals surface area contributed by atoms with E-state index in [0.29, 0.717) is 49.0 Å². The van der Waals surface area contributed by atoms with E-state index in [2.05, 4.69) is 34.3 Å². The van der Waals surface area contributed by atoms with Crippen molar-refractivity contribution >= 4 is 5.97 Å². The van der Waals surface area contributed by atoms with E-state index in [-0.39, 0.29) is 28.6 Å². The van der Waals surface area contributed by atoms with Gasteiger partial charge in [0, 0.05) is 17.8 Å². The normalized spacial score (nSPS) is 45.9. The molecule has 4 rings (SSSR count). The lowest BCUT2D eigenvalue weighted by Gasteiger charge is -2.64. The van der Waals surface area contributed by atoms with Crippen LogP contribution >= 0.6 is 0 Å². The van der Waals surface area contributed by atoms with Gasteiger partial charge >= 0.3 is 5.97 Å². The summed E-state index contributed by atoms with van der Waals surface area (Å²) < 4.78 is 5.78. The molecule has 0 saturated heterocycles. The molecule has 0 aromatic carbocycles. The van der Waals surface area contributed by atoms with Gasteiger partial charge in [0.15, 0.2) is 0 Å². The fraction of sp³-hybridized carbons (Fsp3) is 0.900. The lowest BCUT2D eigenvalue weighted by molar-refractivity contribution is -0.225. The van der Waals surface area contributed by atoms with Crippen molar-refractivity contribution in [3.63, 3.8) is 0 Å². The van der Waals surface area contributed by atoms with Gasteiger partial charge in [0.25, 0.3) is 0 Å². The zero-order valence-corrected chi connectivity index (χ0v) is 22.7. The highest BCUT2D eigenvalue weighted by Crippen LogP contribution is 2.68. The Bertz CT molecular complexity index is 794. The summed E-state index contributed by atoms with van der Waals surface area (Å²) in [5, 5.41) is 33.4. The molecule has 4 fully saturated rings. The van der Waals surface area contributed by atoms with Gasteiger partial charge in [-0.15, -0.1) is 0 Å². The molecule has 0 aromatic rings. The third kappa shape index (κ3) is 4.63. The van der Waals surface area contributed by atoms with Gasteiger partial charge in [-0.3, -0.25) is 4.79 Å². The second kappa shape index (κ2) is 10.1. The molecule has 3 N–H and O–H groups in total. The van der Waals surface area contributed by atoms with E-state index in [1.807, 2.05) is 0 Å². The average Bonchev–Trinajstić information content (AvgIpc) is 3.16. The quantitative estimate of drug-likeness (QED) is 0.341. The summed E-state index contributed by atoms with van der Waals surface area (Å²) in [5.41, 5.74) is 0.727. The van der Waals surface area contributed by atoms with Crippen molar-refractivity contribution in [2.24, 2.45) is 52.3 Å². The van der Waals surface area contributed by atoms with Gasteiger partial charge in [-0.25, -0.2) is 0 Å². The topological polar surface area (TPSA) is 87.0 Å². The molecule has 0 unspecified atom stereocenters. The van der Waals surface area contributed by atoms with Crippen molar-refractivity contribution in [3.8, 4) is 0 Å². The molecule has 0 heterocycles. The molecule has 11 atom stereocenters. The minimum atomic E-state index is -0.585. The van der Waals surface area contributed by atoms with Crippen LogP contribution in [0.3, 0.4) is 0 Å². The Labute approximate surface area is 212 Å². The van der Waals surface area contributed by atoms with Crippen LogP contribution in [0.5, 0.6) is 0 Å². The Morgan fingerprint density at radius 2 is 1.80 bits per heavy atom. The maximum Gasteiger partial charge on any atom is 0.302 e. The highest BCUT2D eigenvalue weighted by molar-refractivity contribution is 5.65. The molecule has 35 heavy (non-hydrogen) atoms. The molecule has 0 aliphatic heterocycles. The molecular formula is C30H50O5. The largest absolute Gasteiger partial charge is 0.465 e. The summed E-state index contributed by atoms with van der Waals surface area (Å²) in [7, 11) is 0. The first-order chi connectivity index (χ1) is 16.4. The number of rotatable bonds is 7. The lowest BCUT2D eigenvalue weighted by atomic mass is 9.42. The average molecular weight is 491 g/mol. The Morgan fingerprint density at radius 1 is 1.09 bits per heavy atom. The number of carbonyl (C=O) groups is 1. The first kappa shape index (κ1) is 27.1. The van der Waals surface area contributed by atoms with Crippen molar-refractivity contribution in [1.29, 1.82) is 0 Å². The van der Waals surface area contributed by atoms with Crippen LogP contribution in [0.25, 0.3) is 0 Å². The molecule has 4 aliphatic carbocycles. The molecule has 0 spiro atoms. The number of aliphatic hydroxyl groups is 3. The van der Waals surface area contributed by atoms with Crippen molar-refractivity contribution in [2.45, 2.75) is 111 Å². The Hall–Kier alpha value is -0.910. The fourth-order valence-electron chi connectivity index (χ4n) is 9.50. The SMILES string of the molecule is C=C(CC[C@@H](C)[C@H]1CC[C@H]2[C@@H]3CC[C@H]4C[C@@H](O)C[C@H](O)[C@]4(C)[C@H]3[C@H](O)C[C@]12COC(C)=O)C(C)C. The van der Waals surface area contributed by atoms with Crippen molar-refractivity contribution < 1.29 is 24.9 Å². The van der Waals surface area contributed by atoms with Crippen molar-refractivity contribution in [3.05, 3.63) is 12.2 Å². The van der Waals surface area contributed by atoms with E-state index in [1.165, 1.54) is 12.5 Å². The fourth-order valence-corrected chi connectivity index (χ4v) is 9.50. The van der Waals surface area contributed by atoms with E-state index in [0.717, 1.165) is 44.9 Å². The van der Waals surface area contributed by atoms with E-state index < -0.39 is 18.3 Å². The number of aliphatic hydroxyl groups excluding tert-OH is 3. The molecule has 5 nitrogen and oxygen atoms in total. The summed E-state index contributed by atoms with van der Waals surface area (Å²) in [6.45, 7) is 15.1. The maximum atomic E-state index is 12.0. The number of hydrogen-bond donors (Lipinski definition) is 3. The summed E-state index contributed by atoms with van der Waals surface area (Å²) in [4.78, 5) is 12.0. The summed E-state index contributed by atoms with van der Waals surface area (Å²) >= 11 is 0. The van der Waals surface area contributed by atoms with Crippen LogP contribution in [0.2, 0.25) is 0 Å². The summed E-state index contributed by atoms with van der Waals surface area (Å²) in [5.74, 6) is 2.13. The van der Waals surface area contributed by atoms with E-state index >= 15 is 0 Å². The van der Waals surface area contributed by atoms with Crippen LogP contribution in [-0.4, -0.2) is 46.2 Å². The van der Waals surface area contributed by atoms with Crippen LogP contribution in [0.1, 0.15) is 92.4 Å². The first-order valence-corrected chi connectivity index (χ1v) is 14.3. The number of ether oxygens (including phenoxy) is 1. The minimum Gasteiger partial charge on any atom is -0.465 e. The third-order valence-electron chi connectivity index (χ3n) is 11.4. The molecule has 200 valence electrons. The molecule has 5 heteroatoms. The molecule has 0 aromatic heterocycles. The van der Waals surface area contributed by atoms with Crippen LogP contribution in [0.15, 0.2) is 12.2 Å². The zero-order valence-electron chi connectivity index (χ0n) is 22.7. The molecular weight excluding hydrogens is 440 g/mol. The number of carbonyl (C=O) groups excluding carboxylic acids is 1. The molecule has 0 bridgehead atoms. The standard InChI is InChI=1S/C30H50O5/c1-17(2)18(3)7-8-19(4)24-11-12-25-23-10-9-21-13-22(32)14-27(34)29(21,6)28(23)26(33)15-30(24,25)16-35-20(5)31/h17,19,21-28,32-34H,3,7-16H2,1-2,4-6H3/t19-,21+,22-,23+,24-,25+,26-,27+,28-,29-,30+/m1/s1.